The van der Waals surface area contributed by atoms with E-state index in [1.807, 2.05) is 31.9 Å². The van der Waals surface area contributed by atoms with Gasteiger partial charge >= 0.3 is 5.97 Å². The summed E-state index contributed by atoms with van der Waals surface area (Å²) >= 11 is 0. The molecule has 1 aromatic carbocycles. The molecule has 1 N–H and O–H groups in total. The first kappa shape index (κ1) is 10.0. The van der Waals surface area contributed by atoms with Gasteiger partial charge in [0.25, 0.3) is 0 Å². The number of likely N-dealkylation sites (N-methyl/N-ethyl adjacent to an activating group) is 1. The predicted molar refractivity (Wildman–Crippen MR) is 59.6 cm³/mol. The minimum atomic E-state index is -0.729. The minimum Gasteiger partial charge on any atom is -0.481 e. The highest BCUT2D eigenvalue weighted by Crippen LogP contribution is 2.38. The Morgan fingerprint density at radius 1 is 1.47 bits per heavy atom. The molecule has 3 nitrogen and oxygen atoms in total. The standard InChI is InChI=1S/C12H15NO2/c1-7-4-8(2)11-9(12(14)15)6-13(3)10(11)5-7/h4-5,9H,6H2,1-3H3,(H,14,15). The van der Waals surface area contributed by atoms with Gasteiger partial charge in [0.1, 0.15) is 5.92 Å². The first-order chi connectivity index (χ1) is 7.00. The van der Waals surface area contributed by atoms with E-state index in [0.717, 1.165) is 16.8 Å². The highest BCUT2D eigenvalue weighted by atomic mass is 16.4. The maximum Gasteiger partial charge on any atom is 0.312 e. The third-order valence-electron chi connectivity index (χ3n) is 3.02. The van der Waals surface area contributed by atoms with Gasteiger partial charge in [-0.2, -0.15) is 0 Å². The van der Waals surface area contributed by atoms with Gasteiger partial charge in [-0.3, -0.25) is 4.79 Å². The molecule has 80 valence electrons. The number of hydrogen-bond acceptors (Lipinski definition) is 2. The number of rotatable bonds is 1. The molecular weight excluding hydrogens is 190 g/mol. The van der Waals surface area contributed by atoms with E-state index in [9.17, 15) is 4.79 Å². The minimum absolute atomic E-state index is 0.370. The average Bonchev–Trinajstić information content (AvgIpc) is 2.44. The number of carbonyl (C=O) groups is 1. The molecule has 15 heavy (non-hydrogen) atoms. The lowest BCUT2D eigenvalue weighted by atomic mass is 9.95. The Kier molecular flexibility index (Phi) is 2.18. The van der Waals surface area contributed by atoms with Crippen LogP contribution < -0.4 is 4.90 Å². The zero-order valence-electron chi connectivity index (χ0n) is 9.24. The van der Waals surface area contributed by atoms with E-state index in [4.69, 9.17) is 5.11 Å². The van der Waals surface area contributed by atoms with Crippen molar-refractivity contribution in [3.8, 4) is 0 Å². The Hall–Kier alpha value is -1.51. The average molecular weight is 205 g/mol. The Balaban J connectivity index is 2.60. The summed E-state index contributed by atoms with van der Waals surface area (Å²) < 4.78 is 0. The molecule has 1 atom stereocenters. The summed E-state index contributed by atoms with van der Waals surface area (Å²) in [4.78, 5) is 13.1. The summed E-state index contributed by atoms with van der Waals surface area (Å²) in [7, 11) is 1.95. The quantitative estimate of drug-likeness (QED) is 0.761. The molecule has 0 saturated carbocycles. The molecular formula is C12H15NO2. The highest BCUT2D eigenvalue weighted by molar-refractivity contribution is 5.84. The van der Waals surface area contributed by atoms with Crippen molar-refractivity contribution in [3.05, 3.63) is 28.8 Å². The number of carboxylic acid groups (broad SMARTS) is 1. The van der Waals surface area contributed by atoms with E-state index >= 15 is 0 Å². The number of hydrogen-bond donors (Lipinski definition) is 1. The van der Waals surface area contributed by atoms with Gasteiger partial charge in [-0.15, -0.1) is 0 Å². The summed E-state index contributed by atoms with van der Waals surface area (Å²) in [6.45, 7) is 4.60. The van der Waals surface area contributed by atoms with Crippen molar-refractivity contribution in [2.75, 3.05) is 18.5 Å². The summed E-state index contributed by atoms with van der Waals surface area (Å²) in [6.07, 6.45) is 0. The second kappa shape index (κ2) is 3.26. The van der Waals surface area contributed by atoms with Crippen molar-refractivity contribution in [1.82, 2.24) is 0 Å². The van der Waals surface area contributed by atoms with Gasteiger partial charge in [-0.25, -0.2) is 0 Å². The van der Waals surface area contributed by atoms with Crippen molar-refractivity contribution in [1.29, 1.82) is 0 Å². The topological polar surface area (TPSA) is 40.5 Å². The van der Waals surface area contributed by atoms with Crippen LogP contribution in [0.2, 0.25) is 0 Å². The molecule has 0 bridgehead atoms. The number of fused-ring (bicyclic) bond motifs is 1. The Morgan fingerprint density at radius 2 is 2.13 bits per heavy atom. The zero-order chi connectivity index (χ0) is 11.2. The van der Waals surface area contributed by atoms with Gasteiger partial charge in [0.05, 0.1) is 0 Å². The van der Waals surface area contributed by atoms with E-state index in [2.05, 4.69) is 6.07 Å². The van der Waals surface area contributed by atoms with E-state index in [0.29, 0.717) is 6.54 Å². The van der Waals surface area contributed by atoms with Crippen molar-refractivity contribution in [3.63, 3.8) is 0 Å². The molecule has 1 aromatic rings. The first-order valence-electron chi connectivity index (χ1n) is 5.06. The van der Waals surface area contributed by atoms with Crippen LogP contribution >= 0.6 is 0 Å². The Bertz CT molecular complexity index is 426. The molecule has 1 aliphatic rings. The van der Waals surface area contributed by atoms with Crippen LogP contribution in [0.15, 0.2) is 12.1 Å². The van der Waals surface area contributed by atoms with Gasteiger partial charge in [0.15, 0.2) is 0 Å². The van der Waals surface area contributed by atoms with Crippen molar-refractivity contribution < 1.29 is 9.90 Å². The number of nitrogens with zero attached hydrogens (tertiary/aromatic N) is 1. The van der Waals surface area contributed by atoms with Gasteiger partial charge in [-0.05, 0) is 36.6 Å². The summed E-state index contributed by atoms with van der Waals surface area (Å²) in [5.41, 5.74) is 4.32. The molecule has 3 heteroatoms. The smallest absolute Gasteiger partial charge is 0.312 e. The van der Waals surface area contributed by atoms with Crippen molar-refractivity contribution in [2.45, 2.75) is 19.8 Å². The van der Waals surface area contributed by atoms with Gasteiger partial charge < -0.3 is 10.0 Å². The van der Waals surface area contributed by atoms with Crippen LogP contribution in [-0.4, -0.2) is 24.7 Å². The fourth-order valence-corrected chi connectivity index (χ4v) is 2.39. The molecule has 0 aromatic heterocycles. The van der Waals surface area contributed by atoms with Crippen molar-refractivity contribution >= 4 is 11.7 Å². The lowest BCUT2D eigenvalue weighted by Gasteiger charge is -2.12. The number of aliphatic carboxylic acids is 1. The largest absolute Gasteiger partial charge is 0.481 e. The molecule has 0 spiro atoms. The van der Waals surface area contributed by atoms with Crippen LogP contribution in [0.5, 0.6) is 0 Å². The third-order valence-corrected chi connectivity index (χ3v) is 3.02. The van der Waals surface area contributed by atoms with Crippen LogP contribution in [0.4, 0.5) is 5.69 Å². The molecule has 0 amide bonds. The monoisotopic (exact) mass is 205 g/mol. The number of benzene rings is 1. The Labute approximate surface area is 89.3 Å². The highest BCUT2D eigenvalue weighted by Gasteiger charge is 2.33. The van der Waals surface area contributed by atoms with Crippen LogP contribution in [0.25, 0.3) is 0 Å². The molecule has 0 fully saturated rings. The Morgan fingerprint density at radius 3 is 2.73 bits per heavy atom. The van der Waals surface area contributed by atoms with Crippen molar-refractivity contribution in [2.24, 2.45) is 0 Å². The lowest BCUT2D eigenvalue weighted by molar-refractivity contribution is -0.138. The number of carboxylic acids is 1. The van der Waals surface area contributed by atoms with Gasteiger partial charge in [-0.1, -0.05) is 6.07 Å². The van der Waals surface area contributed by atoms with E-state index in [-0.39, 0.29) is 5.92 Å². The number of anilines is 1. The molecule has 1 heterocycles. The fourth-order valence-electron chi connectivity index (χ4n) is 2.39. The third kappa shape index (κ3) is 1.48. The zero-order valence-corrected chi connectivity index (χ0v) is 9.24. The van der Waals surface area contributed by atoms with E-state index in [1.54, 1.807) is 0 Å². The van der Waals surface area contributed by atoms with Gasteiger partial charge in [0.2, 0.25) is 0 Å². The molecule has 1 aliphatic heterocycles. The van der Waals surface area contributed by atoms with E-state index in [1.165, 1.54) is 5.56 Å². The first-order valence-corrected chi connectivity index (χ1v) is 5.06. The normalized spacial score (nSPS) is 19.1. The number of aryl methyl sites for hydroxylation is 2. The predicted octanol–water partition coefficient (Wildman–Crippen LogP) is 1.92. The summed E-state index contributed by atoms with van der Waals surface area (Å²) in [5.74, 6) is -1.10. The molecule has 0 saturated heterocycles. The molecule has 1 unspecified atom stereocenters. The van der Waals surface area contributed by atoms with Crippen LogP contribution in [0.3, 0.4) is 0 Å². The van der Waals surface area contributed by atoms with E-state index < -0.39 is 5.97 Å². The maximum absolute atomic E-state index is 11.1. The summed E-state index contributed by atoms with van der Waals surface area (Å²) in [5, 5.41) is 9.14. The molecule has 0 radical (unpaired) electrons. The van der Waals surface area contributed by atoms with Crippen LogP contribution in [0, 0.1) is 13.8 Å². The second-order valence-corrected chi connectivity index (χ2v) is 4.29. The summed E-state index contributed by atoms with van der Waals surface area (Å²) in [6, 6.07) is 4.11. The van der Waals surface area contributed by atoms with Crippen LogP contribution in [0.1, 0.15) is 22.6 Å². The van der Waals surface area contributed by atoms with Gasteiger partial charge in [0, 0.05) is 19.3 Å². The second-order valence-electron chi connectivity index (χ2n) is 4.29. The van der Waals surface area contributed by atoms with Crippen LogP contribution in [-0.2, 0) is 4.79 Å². The molecule has 0 aliphatic carbocycles. The maximum atomic E-state index is 11.1. The fraction of sp³-hybridized carbons (Fsp3) is 0.417. The molecule has 2 rings (SSSR count). The SMILES string of the molecule is Cc1cc(C)c2c(c1)N(C)CC2C(=O)O. The lowest BCUT2D eigenvalue weighted by Crippen LogP contribution is -2.20.